The van der Waals surface area contributed by atoms with Crippen molar-refractivity contribution in [2.24, 2.45) is 0 Å². The maximum Gasteiger partial charge on any atom is 0.325 e. The minimum absolute atomic E-state index is 0.0268. The molecule has 0 unspecified atom stereocenters. The van der Waals surface area contributed by atoms with Gasteiger partial charge in [-0.2, -0.15) is 0 Å². The maximum atomic E-state index is 12.8. The van der Waals surface area contributed by atoms with E-state index in [0.717, 1.165) is 18.2 Å². The fraction of sp³-hybridized carbons (Fsp3) is 0.200. The Bertz CT molecular complexity index is 451. The van der Waals surface area contributed by atoms with E-state index in [9.17, 15) is 18.4 Å². The second kappa shape index (κ2) is 5.24. The van der Waals surface area contributed by atoms with Gasteiger partial charge in [0, 0.05) is 11.8 Å². The number of hydrogen-bond donors (Lipinski definition) is 3. The zero-order chi connectivity index (χ0) is 13.0. The number of carbonyl (C=O) groups is 2. The smallest absolute Gasteiger partial charge is 0.325 e. The number of hydrogen-bond acceptors (Lipinski definition) is 2. The average Bonchev–Trinajstić information content (AvgIpc) is 2.23. The fourth-order valence-electron chi connectivity index (χ4n) is 0.999. The number of carboxylic acids is 1. The van der Waals surface area contributed by atoms with Gasteiger partial charge in [0.25, 0.3) is 0 Å². The summed E-state index contributed by atoms with van der Waals surface area (Å²) in [5.74, 6) is -3.34. The molecule has 0 saturated heterocycles. The van der Waals surface area contributed by atoms with Crippen molar-refractivity contribution in [2.75, 3.05) is 5.32 Å². The van der Waals surface area contributed by atoms with Crippen LogP contribution >= 0.6 is 0 Å². The summed E-state index contributed by atoms with van der Waals surface area (Å²) in [6.07, 6.45) is 0. The van der Waals surface area contributed by atoms with Crippen molar-refractivity contribution < 1.29 is 23.5 Å². The predicted molar refractivity (Wildman–Crippen MR) is 55.6 cm³/mol. The Morgan fingerprint density at radius 2 is 1.94 bits per heavy atom. The number of aliphatic carboxylic acids is 1. The molecule has 5 nitrogen and oxygen atoms in total. The molecule has 0 radical (unpaired) electrons. The van der Waals surface area contributed by atoms with E-state index < -0.39 is 29.7 Å². The van der Waals surface area contributed by atoms with Crippen LogP contribution in [0.25, 0.3) is 0 Å². The molecule has 7 heteroatoms. The largest absolute Gasteiger partial charge is 0.480 e. The van der Waals surface area contributed by atoms with E-state index in [4.69, 9.17) is 5.11 Å². The van der Waals surface area contributed by atoms with Gasteiger partial charge in [-0.25, -0.2) is 13.6 Å². The first kappa shape index (κ1) is 12.9. The lowest BCUT2D eigenvalue weighted by Gasteiger charge is -2.10. The summed E-state index contributed by atoms with van der Waals surface area (Å²) in [7, 11) is 0. The first-order chi connectivity index (χ1) is 7.90. The molecule has 3 N–H and O–H groups in total. The molecule has 0 saturated carbocycles. The minimum Gasteiger partial charge on any atom is -0.480 e. The highest BCUT2D eigenvalue weighted by molar-refractivity contribution is 5.92. The highest BCUT2D eigenvalue weighted by Gasteiger charge is 2.14. The third-order valence-corrected chi connectivity index (χ3v) is 1.90. The molecular weight excluding hydrogens is 234 g/mol. The Hall–Kier alpha value is -2.18. The predicted octanol–water partition coefficient (Wildman–Crippen LogP) is 1.56. The highest BCUT2D eigenvalue weighted by atomic mass is 19.2. The molecule has 1 aromatic carbocycles. The van der Waals surface area contributed by atoms with Crippen molar-refractivity contribution in [2.45, 2.75) is 13.0 Å². The molecule has 0 aliphatic heterocycles. The number of nitrogens with one attached hydrogen (secondary N) is 2. The van der Waals surface area contributed by atoms with Crippen molar-refractivity contribution >= 4 is 17.7 Å². The van der Waals surface area contributed by atoms with Crippen LogP contribution in [0.5, 0.6) is 0 Å². The van der Waals surface area contributed by atoms with Gasteiger partial charge < -0.3 is 15.7 Å². The van der Waals surface area contributed by atoms with Gasteiger partial charge in [0.2, 0.25) is 0 Å². The van der Waals surface area contributed by atoms with Gasteiger partial charge in [0.05, 0.1) is 0 Å². The van der Waals surface area contributed by atoms with E-state index in [0.29, 0.717) is 0 Å². The molecule has 1 rings (SSSR count). The summed E-state index contributed by atoms with van der Waals surface area (Å²) in [6.45, 7) is 1.27. The van der Waals surface area contributed by atoms with Crippen LogP contribution in [0.1, 0.15) is 6.92 Å². The van der Waals surface area contributed by atoms with Crippen LogP contribution in [0.2, 0.25) is 0 Å². The van der Waals surface area contributed by atoms with E-state index >= 15 is 0 Å². The fourth-order valence-corrected chi connectivity index (χ4v) is 0.999. The van der Waals surface area contributed by atoms with Crippen LogP contribution in [0.4, 0.5) is 19.3 Å². The van der Waals surface area contributed by atoms with Crippen molar-refractivity contribution in [1.29, 1.82) is 0 Å². The topological polar surface area (TPSA) is 78.4 Å². The van der Waals surface area contributed by atoms with Gasteiger partial charge in [-0.3, -0.25) is 4.79 Å². The van der Waals surface area contributed by atoms with Crippen LogP contribution in [0.15, 0.2) is 18.2 Å². The van der Waals surface area contributed by atoms with Gasteiger partial charge in [0.15, 0.2) is 11.6 Å². The normalized spacial score (nSPS) is 11.7. The lowest BCUT2D eigenvalue weighted by atomic mass is 10.3. The van der Waals surface area contributed by atoms with Crippen molar-refractivity contribution in [1.82, 2.24) is 5.32 Å². The summed E-state index contributed by atoms with van der Waals surface area (Å²) in [4.78, 5) is 21.7. The van der Waals surface area contributed by atoms with Crippen molar-refractivity contribution in [3.63, 3.8) is 0 Å². The standard InChI is InChI=1S/C10H10F2N2O3/c1-5(9(15)16)13-10(17)14-6-2-3-7(11)8(12)4-6/h2-5H,1H3,(H,15,16)(H2,13,14,17)/t5-/m0/s1. The number of halogens is 2. The monoisotopic (exact) mass is 244 g/mol. The van der Waals surface area contributed by atoms with Gasteiger partial charge in [0.1, 0.15) is 6.04 Å². The van der Waals surface area contributed by atoms with E-state index in [2.05, 4.69) is 10.6 Å². The minimum atomic E-state index is -1.20. The quantitative estimate of drug-likeness (QED) is 0.755. The zero-order valence-electron chi connectivity index (χ0n) is 8.83. The van der Waals surface area contributed by atoms with Gasteiger partial charge in [-0.05, 0) is 19.1 Å². The van der Waals surface area contributed by atoms with Crippen molar-refractivity contribution in [3.8, 4) is 0 Å². The second-order valence-corrected chi connectivity index (χ2v) is 3.29. The average molecular weight is 244 g/mol. The SMILES string of the molecule is C[C@H](NC(=O)Nc1ccc(F)c(F)c1)C(=O)O. The first-order valence-electron chi connectivity index (χ1n) is 4.65. The summed E-state index contributed by atoms with van der Waals surface area (Å²) >= 11 is 0. The highest BCUT2D eigenvalue weighted by Crippen LogP contribution is 2.12. The molecule has 0 fully saturated rings. The van der Waals surface area contributed by atoms with E-state index in [1.54, 1.807) is 0 Å². The van der Waals surface area contributed by atoms with E-state index in [-0.39, 0.29) is 5.69 Å². The Morgan fingerprint density at radius 1 is 1.29 bits per heavy atom. The molecule has 0 bridgehead atoms. The molecule has 92 valence electrons. The lowest BCUT2D eigenvalue weighted by molar-refractivity contribution is -0.138. The summed E-state index contributed by atoms with van der Waals surface area (Å²) < 4.78 is 25.4. The Balaban J connectivity index is 2.62. The number of carboxylic acid groups (broad SMARTS) is 1. The summed E-state index contributed by atoms with van der Waals surface area (Å²) in [5.41, 5.74) is 0.0268. The number of urea groups is 1. The van der Waals surface area contributed by atoms with Crippen LogP contribution in [-0.2, 0) is 4.79 Å². The Morgan fingerprint density at radius 3 is 2.47 bits per heavy atom. The van der Waals surface area contributed by atoms with Crippen LogP contribution in [0.3, 0.4) is 0 Å². The zero-order valence-corrected chi connectivity index (χ0v) is 8.83. The molecule has 2 amide bonds. The lowest BCUT2D eigenvalue weighted by Crippen LogP contribution is -2.40. The molecule has 0 aliphatic carbocycles. The first-order valence-corrected chi connectivity index (χ1v) is 4.65. The van der Waals surface area contributed by atoms with Gasteiger partial charge >= 0.3 is 12.0 Å². The third-order valence-electron chi connectivity index (χ3n) is 1.90. The molecular formula is C10H10F2N2O3. The number of benzene rings is 1. The van der Waals surface area contributed by atoms with Crippen molar-refractivity contribution in [3.05, 3.63) is 29.8 Å². The molecule has 1 aromatic rings. The number of anilines is 1. The number of amides is 2. The van der Waals surface area contributed by atoms with E-state index in [1.165, 1.54) is 6.92 Å². The molecule has 0 heterocycles. The Kier molecular flexibility index (Phi) is 3.97. The molecule has 0 aromatic heterocycles. The third kappa shape index (κ3) is 3.71. The summed E-state index contributed by atoms with van der Waals surface area (Å²) in [6, 6.07) is 0.904. The van der Waals surface area contributed by atoms with Gasteiger partial charge in [-0.15, -0.1) is 0 Å². The molecule has 1 atom stereocenters. The van der Waals surface area contributed by atoms with Crippen LogP contribution in [0, 0.1) is 11.6 Å². The Labute approximate surface area is 95.4 Å². The number of rotatable bonds is 3. The number of carbonyl (C=O) groups excluding carboxylic acids is 1. The van der Waals surface area contributed by atoms with Crippen LogP contribution in [-0.4, -0.2) is 23.1 Å². The molecule has 0 aliphatic rings. The van der Waals surface area contributed by atoms with E-state index in [1.807, 2.05) is 0 Å². The molecule has 0 spiro atoms. The molecule has 17 heavy (non-hydrogen) atoms. The maximum absolute atomic E-state index is 12.8. The van der Waals surface area contributed by atoms with Crippen LogP contribution < -0.4 is 10.6 Å². The van der Waals surface area contributed by atoms with Gasteiger partial charge in [-0.1, -0.05) is 0 Å². The summed E-state index contributed by atoms with van der Waals surface area (Å²) in [5, 5.41) is 12.8. The second-order valence-electron chi connectivity index (χ2n) is 3.29.